The second-order valence-corrected chi connectivity index (χ2v) is 9.08. The number of rotatable bonds is 5. The Bertz CT molecular complexity index is 1090. The average Bonchev–Trinajstić information content (AvgIpc) is 2.82. The number of carbonyl (C=O) groups is 1. The van der Waals surface area contributed by atoms with E-state index in [1.54, 1.807) is 24.2 Å². The fourth-order valence-electron chi connectivity index (χ4n) is 3.50. The van der Waals surface area contributed by atoms with Crippen molar-refractivity contribution in [1.82, 2.24) is 9.21 Å². The molecule has 0 N–H and O–H groups in total. The number of methoxy groups -OCH3 is 1. The molecule has 1 fully saturated rings. The van der Waals surface area contributed by atoms with Crippen molar-refractivity contribution in [3.05, 3.63) is 54.1 Å². The van der Waals surface area contributed by atoms with Crippen LogP contribution in [-0.4, -0.2) is 70.0 Å². The molecule has 4 rings (SSSR count). The largest absolute Gasteiger partial charge is 0.497 e. The van der Waals surface area contributed by atoms with E-state index in [2.05, 4.69) is 0 Å². The van der Waals surface area contributed by atoms with Crippen molar-refractivity contribution in [2.24, 2.45) is 0 Å². The molecular formula is C22H24N2O6S. The minimum Gasteiger partial charge on any atom is -0.497 e. The Morgan fingerprint density at radius 3 is 2.48 bits per heavy atom. The summed E-state index contributed by atoms with van der Waals surface area (Å²) < 4.78 is 43.6. The molecule has 2 aliphatic rings. The van der Waals surface area contributed by atoms with Gasteiger partial charge < -0.3 is 19.1 Å². The minimum absolute atomic E-state index is 0.154. The first kappa shape index (κ1) is 21.2. The van der Waals surface area contributed by atoms with Crippen molar-refractivity contribution in [3.63, 3.8) is 0 Å². The summed E-state index contributed by atoms with van der Waals surface area (Å²) in [6.07, 6.45) is 3.23. The van der Waals surface area contributed by atoms with Crippen molar-refractivity contribution >= 4 is 22.0 Å². The van der Waals surface area contributed by atoms with E-state index in [9.17, 15) is 13.2 Å². The summed E-state index contributed by atoms with van der Waals surface area (Å²) in [6, 6.07) is 12.0. The fourth-order valence-corrected chi connectivity index (χ4v) is 4.94. The van der Waals surface area contributed by atoms with Gasteiger partial charge in [-0.25, -0.2) is 8.42 Å². The molecule has 9 heteroatoms. The molecule has 0 bridgehead atoms. The van der Waals surface area contributed by atoms with Crippen molar-refractivity contribution in [2.75, 3.05) is 46.5 Å². The van der Waals surface area contributed by atoms with Crippen molar-refractivity contribution < 1.29 is 27.4 Å². The van der Waals surface area contributed by atoms with Crippen LogP contribution in [0.2, 0.25) is 0 Å². The van der Waals surface area contributed by atoms with Gasteiger partial charge in [-0.05, 0) is 35.9 Å². The SMILES string of the molecule is COc1cccc(C=CC(=O)N2CCN(S(=O)(=O)c3ccc4c(c3)OCCO4)CC2)c1. The molecule has 0 aliphatic carbocycles. The van der Waals surface area contributed by atoms with Crippen LogP contribution >= 0.6 is 0 Å². The average molecular weight is 445 g/mol. The van der Waals surface area contributed by atoms with Gasteiger partial charge in [-0.2, -0.15) is 4.31 Å². The lowest BCUT2D eigenvalue weighted by Gasteiger charge is -2.33. The van der Waals surface area contributed by atoms with Gasteiger partial charge in [0.25, 0.3) is 0 Å². The monoisotopic (exact) mass is 444 g/mol. The number of ether oxygens (including phenoxy) is 3. The van der Waals surface area contributed by atoms with Gasteiger partial charge in [0.2, 0.25) is 15.9 Å². The summed E-state index contributed by atoms with van der Waals surface area (Å²) >= 11 is 0. The molecule has 164 valence electrons. The van der Waals surface area contributed by atoms with Gasteiger partial charge >= 0.3 is 0 Å². The van der Waals surface area contributed by atoms with Crippen LogP contribution in [0.15, 0.2) is 53.4 Å². The van der Waals surface area contributed by atoms with Crippen LogP contribution in [0.5, 0.6) is 17.2 Å². The van der Waals surface area contributed by atoms with Gasteiger partial charge in [-0.1, -0.05) is 12.1 Å². The Balaban J connectivity index is 1.38. The Morgan fingerprint density at radius 1 is 1.00 bits per heavy atom. The van der Waals surface area contributed by atoms with Crippen LogP contribution in [0.1, 0.15) is 5.56 Å². The summed E-state index contributed by atoms with van der Waals surface area (Å²) in [6.45, 7) is 1.95. The maximum absolute atomic E-state index is 13.0. The first-order valence-electron chi connectivity index (χ1n) is 9.98. The Kier molecular flexibility index (Phi) is 6.15. The molecule has 0 spiro atoms. The van der Waals surface area contributed by atoms with Crippen LogP contribution < -0.4 is 14.2 Å². The Morgan fingerprint density at radius 2 is 1.74 bits per heavy atom. The number of hydrogen-bond acceptors (Lipinski definition) is 6. The van der Waals surface area contributed by atoms with E-state index >= 15 is 0 Å². The van der Waals surface area contributed by atoms with Crippen LogP contribution in [0.25, 0.3) is 6.08 Å². The van der Waals surface area contributed by atoms with E-state index in [-0.39, 0.29) is 23.9 Å². The normalized spacial score (nSPS) is 17.0. The summed E-state index contributed by atoms with van der Waals surface area (Å²) in [7, 11) is -2.09. The van der Waals surface area contributed by atoms with Gasteiger partial charge in [-0.15, -0.1) is 0 Å². The maximum atomic E-state index is 13.0. The lowest BCUT2D eigenvalue weighted by Crippen LogP contribution is -2.50. The molecule has 0 unspecified atom stereocenters. The van der Waals surface area contributed by atoms with E-state index in [0.717, 1.165) is 5.56 Å². The molecule has 2 heterocycles. The van der Waals surface area contributed by atoms with Crippen molar-refractivity contribution in [2.45, 2.75) is 4.90 Å². The van der Waals surface area contributed by atoms with Crippen LogP contribution in [0.4, 0.5) is 0 Å². The first-order valence-corrected chi connectivity index (χ1v) is 11.4. The Labute approximate surface area is 181 Å². The van der Waals surface area contributed by atoms with Crippen molar-refractivity contribution in [3.8, 4) is 17.2 Å². The number of piperazine rings is 1. The summed E-state index contributed by atoms with van der Waals surface area (Å²) in [5, 5.41) is 0. The summed E-state index contributed by atoms with van der Waals surface area (Å²) in [5.41, 5.74) is 0.854. The molecule has 0 radical (unpaired) electrons. The molecular weight excluding hydrogens is 420 g/mol. The molecule has 1 saturated heterocycles. The second-order valence-electron chi connectivity index (χ2n) is 7.14. The Hall–Kier alpha value is -3.04. The van der Waals surface area contributed by atoms with E-state index in [1.807, 2.05) is 24.3 Å². The molecule has 2 aromatic rings. The van der Waals surface area contributed by atoms with Crippen LogP contribution in [0.3, 0.4) is 0 Å². The number of fused-ring (bicyclic) bond motifs is 1. The molecule has 0 saturated carbocycles. The minimum atomic E-state index is -3.68. The fraction of sp³-hybridized carbons (Fsp3) is 0.318. The number of nitrogens with zero attached hydrogens (tertiary/aromatic N) is 2. The molecule has 8 nitrogen and oxygen atoms in total. The number of sulfonamides is 1. The third kappa shape index (κ3) is 4.67. The third-order valence-electron chi connectivity index (χ3n) is 5.21. The van der Waals surface area contributed by atoms with Gasteiger partial charge in [-0.3, -0.25) is 4.79 Å². The van der Waals surface area contributed by atoms with Crippen LogP contribution in [0, 0.1) is 0 Å². The number of amides is 1. The second kappa shape index (κ2) is 8.99. The summed E-state index contributed by atoms with van der Waals surface area (Å²) in [5.74, 6) is 1.54. The quantitative estimate of drug-likeness (QED) is 0.656. The zero-order valence-corrected chi connectivity index (χ0v) is 18.0. The number of benzene rings is 2. The van der Waals surface area contributed by atoms with E-state index in [1.165, 1.54) is 22.5 Å². The van der Waals surface area contributed by atoms with E-state index in [0.29, 0.717) is 43.6 Å². The lowest BCUT2D eigenvalue weighted by molar-refractivity contribution is -0.127. The summed E-state index contributed by atoms with van der Waals surface area (Å²) in [4.78, 5) is 14.3. The molecule has 1 amide bonds. The molecule has 0 aromatic heterocycles. The third-order valence-corrected chi connectivity index (χ3v) is 7.11. The van der Waals surface area contributed by atoms with Gasteiger partial charge in [0, 0.05) is 38.3 Å². The zero-order valence-electron chi connectivity index (χ0n) is 17.2. The standard InChI is InChI=1S/C22H24N2O6S/c1-28-18-4-2-3-17(15-18)5-8-22(25)23-9-11-24(12-10-23)31(26,27)19-6-7-20-21(16-19)30-14-13-29-20/h2-8,15-16H,9-14H2,1H3. The smallest absolute Gasteiger partial charge is 0.246 e. The lowest BCUT2D eigenvalue weighted by atomic mass is 10.2. The van der Waals surface area contributed by atoms with Gasteiger partial charge in [0.05, 0.1) is 12.0 Å². The molecule has 2 aliphatic heterocycles. The molecule has 31 heavy (non-hydrogen) atoms. The van der Waals surface area contributed by atoms with Crippen LogP contribution in [-0.2, 0) is 14.8 Å². The van der Waals surface area contributed by atoms with Gasteiger partial charge in [0.1, 0.15) is 19.0 Å². The highest BCUT2D eigenvalue weighted by Crippen LogP contribution is 2.33. The topological polar surface area (TPSA) is 85.4 Å². The predicted molar refractivity (Wildman–Crippen MR) is 115 cm³/mol. The first-order chi connectivity index (χ1) is 15.0. The highest BCUT2D eigenvalue weighted by molar-refractivity contribution is 7.89. The molecule has 2 aromatic carbocycles. The van der Waals surface area contributed by atoms with E-state index < -0.39 is 10.0 Å². The maximum Gasteiger partial charge on any atom is 0.246 e. The number of carbonyl (C=O) groups excluding carboxylic acids is 1. The number of hydrogen-bond donors (Lipinski definition) is 0. The predicted octanol–water partition coefficient (Wildman–Crippen LogP) is 2.01. The zero-order chi connectivity index (χ0) is 21.8. The highest BCUT2D eigenvalue weighted by atomic mass is 32.2. The van der Waals surface area contributed by atoms with E-state index in [4.69, 9.17) is 14.2 Å². The van der Waals surface area contributed by atoms with Crippen molar-refractivity contribution in [1.29, 1.82) is 0 Å². The van der Waals surface area contributed by atoms with Gasteiger partial charge in [0.15, 0.2) is 11.5 Å². The highest BCUT2D eigenvalue weighted by Gasteiger charge is 2.30. The molecule has 0 atom stereocenters.